The summed E-state index contributed by atoms with van der Waals surface area (Å²) in [4.78, 5) is 0. The van der Waals surface area contributed by atoms with Gasteiger partial charge in [0.15, 0.2) is 0 Å². The fourth-order valence-corrected chi connectivity index (χ4v) is 2.04. The second-order valence-electron chi connectivity index (χ2n) is 4.10. The minimum Gasteiger partial charge on any atom is -0.424 e. The lowest BCUT2D eigenvalue weighted by Gasteiger charge is -1.96. The molecule has 0 radical (unpaired) electrons. The molecule has 4 heteroatoms. The number of nitrogens with zero attached hydrogens (tertiary/aromatic N) is 2. The first-order valence-corrected chi connectivity index (χ1v) is 5.46. The maximum absolute atomic E-state index is 5.46. The number of hydrogen-bond donors (Lipinski definition) is 1. The summed E-state index contributed by atoms with van der Waals surface area (Å²) in [6, 6.07) is 10.4. The summed E-state index contributed by atoms with van der Waals surface area (Å²) >= 11 is 0. The Labute approximate surface area is 93.5 Å². The summed E-state index contributed by atoms with van der Waals surface area (Å²) in [5, 5.41) is 7.91. The lowest BCUT2D eigenvalue weighted by Crippen LogP contribution is -1.95. The van der Waals surface area contributed by atoms with Crippen LogP contribution in [0, 0.1) is 0 Å². The van der Waals surface area contributed by atoms with Crippen molar-refractivity contribution < 1.29 is 4.42 Å². The van der Waals surface area contributed by atoms with E-state index in [2.05, 4.69) is 34.5 Å². The monoisotopic (exact) mass is 215 g/mol. The van der Waals surface area contributed by atoms with E-state index in [1.165, 1.54) is 5.56 Å². The fourth-order valence-electron chi connectivity index (χ4n) is 2.04. The molecule has 0 amide bonds. The standard InChI is InChI=1S/C12H13N3O/c13-7-11-14-15-12(16-11)10-6-9(10)8-4-2-1-3-5-8/h1-5,9-10H,6-7,13H2. The SMILES string of the molecule is NCc1nnc(C2CC2c2ccccc2)o1. The molecule has 2 aromatic rings. The molecule has 1 fully saturated rings. The Hall–Kier alpha value is -1.68. The van der Waals surface area contributed by atoms with Crippen LogP contribution < -0.4 is 5.73 Å². The van der Waals surface area contributed by atoms with Gasteiger partial charge in [-0.3, -0.25) is 0 Å². The number of aromatic nitrogens is 2. The van der Waals surface area contributed by atoms with Crippen molar-refractivity contribution in [3.63, 3.8) is 0 Å². The van der Waals surface area contributed by atoms with Crippen LogP contribution in [0.4, 0.5) is 0 Å². The van der Waals surface area contributed by atoms with E-state index >= 15 is 0 Å². The second-order valence-corrected chi connectivity index (χ2v) is 4.10. The fraction of sp³-hybridized carbons (Fsp3) is 0.333. The largest absolute Gasteiger partial charge is 0.424 e. The summed E-state index contributed by atoms with van der Waals surface area (Å²) in [5.74, 6) is 2.17. The van der Waals surface area contributed by atoms with Gasteiger partial charge in [-0.25, -0.2) is 0 Å². The lowest BCUT2D eigenvalue weighted by atomic mass is 10.1. The predicted molar refractivity (Wildman–Crippen MR) is 58.7 cm³/mol. The van der Waals surface area contributed by atoms with Crippen LogP contribution in [-0.2, 0) is 6.54 Å². The molecule has 1 aromatic carbocycles. The Balaban J connectivity index is 1.76. The highest BCUT2D eigenvalue weighted by Gasteiger charge is 2.43. The molecule has 2 unspecified atom stereocenters. The van der Waals surface area contributed by atoms with E-state index in [0.29, 0.717) is 24.3 Å². The molecular formula is C12H13N3O. The van der Waals surface area contributed by atoms with E-state index in [1.54, 1.807) is 0 Å². The normalized spacial score (nSPS) is 23.3. The average Bonchev–Trinajstić information content (AvgIpc) is 3.01. The number of benzene rings is 1. The summed E-state index contributed by atoms with van der Waals surface area (Å²) in [5.41, 5.74) is 6.78. The number of nitrogens with two attached hydrogens (primary N) is 1. The Bertz CT molecular complexity index is 480. The topological polar surface area (TPSA) is 64.9 Å². The molecule has 0 spiro atoms. The smallest absolute Gasteiger partial charge is 0.230 e. The van der Waals surface area contributed by atoms with E-state index in [1.807, 2.05) is 6.07 Å². The van der Waals surface area contributed by atoms with Crippen LogP contribution in [0.1, 0.15) is 35.6 Å². The van der Waals surface area contributed by atoms with Gasteiger partial charge in [0.1, 0.15) is 0 Å². The van der Waals surface area contributed by atoms with E-state index in [4.69, 9.17) is 10.2 Å². The van der Waals surface area contributed by atoms with Gasteiger partial charge >= 0.3 is 0 Å². The molecule has 3 rings (SSSR count). The highest BCUT2D eigenvalue weighted by atomic mass is 16.4. The van der Waals surface area contributed by atoms with E-state index in [0.717, 1.165) is 12.3 Å². The zero-order chi connectivity index (χ0) is 11.0. The first kappa shape index (κ1) is 9.54. The van der Waals surface area contributed by atoms with Gasteiger partial charge in [0.2, 0.25) is 11.8 Å². The summed E-state index contributed by atoms with van der Waals surface area (Å²) in [6.07, 6.45) is 1.09. The number of hydrogen-bond acceptors (Lipinski definition) is 4. The zero-order valence-corrected chi connectivity index (χ0v) is 8.84. The Morgan fingerprint density at radius 1 is 1.19 bits per heavy atom. The minimum atomic E-state index is 0.315. The van der Waals surface area contributed by atoms with Gasteiger partial charge in [-0.15, -0.1) is 10.2 Å². The zero-order valence-electron chi connectivity index (χ0n) is 8.84. The molecule has 82 valence electrons. The van der Waals surface area contributed by atoms with E-state index in [-0.39, 0.29) is 0 Å². The highest BCUT2D eigenvalue weighted by molar-refractivity contribution is 5.30. The number of rotatable bonds is 3. The molecule has 1 saturated carbocycles. The van der Waals surface area contributed by atoms with Crippen molar-refractivity contribution in [3.8, 4) is 0 Å². The minimum absolute atomic E-state index is 0.315. The quantitative estimate of drug-likeness (QED) is 0.847. The maximum Gasteiger partial charge on any atom is 0.230 e. The van der Waals surface area contributed by atoms with Crippen molar-refractivity contribution in [2.24, 2.45) is 5.73 Å². The first-order chi connectivity index (χ1) is 7.88. The van der Waals surface area contributed by atoms with Crippen molar-refractivity contribution >= 4 is 0 Å². The van der Waals surface area contributed by atoms with Gasteiger partial charge in [0.05, 0.1) is 6.54 Å². The Morgan fingerprint density at radius 3 is 2.69 bits per heavy atom. The summed E-state index contributed by atoms with van der Waals surface area (Å²) in [7, 11) is 0. The molecule has 1 aliphatic rings. The molecule has 1 aromatic heterocycles. The van der Waals surface area contributed by atoms with Gasteiger partial charge in [0.25, 0.3) is 0 Å². The summed E-state index contributed by atoms with van der Waals surface area (Å²) < 4.78 is 5.46. The van der Waals surface area contributed by atoms with Crippen molar-refractivity contribution in [2.45, 2.75) is 24.8 Å². The first-order valence-electron chi connectivity index (χ1n) is 5.46. The Morgan fingerprint density at radius 2 is 2.00 bits per heavy atom. The van der Waals surface area contributed by atoms with Crippen molar-refractivity contribution in [1.29, 1.82) is 0 Å². The molecule has 0 bridgehead atoms. The van der Waals surface area contributed by atoms with Crippen LogP contribution >= 0.6 is 0 Å². The molecule has 0 saturated heterocycles. The van der Waals surface area contributed by atoms with Crippen LogP contribution in [0.3, 0.4) is 0 Å². The average molecular weight is 215 g/mol. The van der Waals surface area contributed by atoms with E-state index in [9.17, 15) is 0 Å². The third-order valence-corrected chi connectivity index (χ3v) is 2.99. The molecule has 0 aliphatic heterocycles. The van der Waals surface area contributed by atoms with Gasteiger partial charge in [-0.1, -0.05) is 30.3 Å². The van der Waals surface area contributed by atoms with Crippen LogP contribution in [-0.4, -0.2) is 10.2 Å². The predicted octanol–water partition coefficient (Wildman–Crippen LogP) is 1.80. The molecule has 2 atom stereocenters. The Kier molecular flexibility index (Phi) is 2.22. The third kappa shape index (κ3) is 1.61. The molecule has 4 nitrogen and oxygen atoms in total. The van der Waals surface area contributed by atoms with E-state index < -0.39 is 0 Å². The van der Waals surface area contributed by atoms with Crippen molar-refractivity contribution in [3.05, 3.63) is 47.7 Å². The van der Waals surface area contributed by atoms with Gasteiger partial charge in [0, 0.05) is 5.92 Å². The molecule has 1 heterocycles. The lowest BCUT2D eigenvalue weighted by molar-refractivity contribution is 0.450. The van der Waals surface area contributed by atoms with Crippen LogP contribution in [0.25, 0.3) is 0 Å². The van der Waals surface area contributed by atoms with Crippen LogP contribution in [0.2, 0.25) is 0 Å². The van der Waals surface area contributed by atoms with Crippen molar-refractivity contribution in [1.82, 2.24) is 10.2 Å². The third-order valence-electron chi connectivity index (χ3n) is 2.99. The van der Waals surface area contributed by atoms with Crippen LogP contribution in [0.5, 0.6) is 0 Å². The molecule has 2 N–H and O–H groups in total. The second kappa shape index (κ2) is 3.72. The van der Waals surface area contributed by atoms with Gasteiger partial charge < -0.3 is 10.2 Å². The maximum atomic E-state index is 5.46. The molecular weight excluding hydrogens is 202 g/mol. The summed E-state index contributed by atoms with van der Waals surface area (Å²) in [6.45, 7) is 0.315. The molecule has 16 heavy (non-hydrogen) atoms. The van der Waals surface area contributed by atoms with Crippen LogP contribution in [0.15, 0.2) is 34.7 Å². The van der Waals surface area contributed by atoms with Crippen molar-refractivity contribution in [2.75, 3.05) is 0 Å². The van der Waals surface area contributed by atoms with Gasteiger partial charge in [-0.2, -0.15) is 0 Å². The highest BCUT2D eigenvalue weighted by Crippen LogP contribution is 2.53. The molecule has 1 aliphatic carbocycles. The van der Waals surface area contributed by atoms with Gasteiger partial charge in [-0.05, 0) is 17.9 Å².